The second-order valence-corrected chi connectivity index (χ2v) is 6.21. The molecule has 1 fully saturated rings. The minimum Gasteiger partial charge on any atom is -0.481 e. The number of aromatic nitrogens is 1. The molecule has 6 heteroatoms. The molecule has 2 heterocycles. The van der Waals surface area contributed by atoms with Crippen molar-refractivity contribution in [2.24, 2.45) is 5.92 Å². The number of amides is 2. The number of carbonyl (C=O) groups is 1. The largest absolute Gasteiger partial charge is 0.481 e. The zero-order chi connectivity index (χ0) is 16.7. The molecule has 1 aromatic heterocycles. The number of hydrogen-bond donors (Lipinski definition) is 1. The fourth-order valence-electron chi connectivity index (χ4n) is 2.87. The molecule has 2 rings (SSSR count). The molecule has 1 aliphatic rings. The van der Waals surface area contributed by atoms with E-state index >= 15 is 0 Å². The van der Waals surface area contributed by atoms with E-state index in [1.165, 1.54) is 0 Å². The summed E-state index contributed by atoms with van der Waals surface area (Å²) in [6, 6.07) is 3.99. The maximum absolute atomic E-state index is 12.4. The van der Waals surface area contributed by atoms with Gasteiger partial charge in [-0.25, -0.2) is 9.78 Å². The Morgan fingerprint density at radius 3 is 3.13 bits per heavy atom. The first-order valence-electron chi connectivity index (χ1n) is 8.22. The quantitative estimate of drug-likeness (QED) is 0.871. The van der Waals surface area contributed by atoms with E-state index in [1.54, 1.807) is 13.3 Å². The maximum Gasteiger partial charge on any atom is 0.317 e. The summed E-state index contributed by atoms with van der Waals surface area (Å²) in [5.41, 5.74) is 0.996. The van der Waals surface area contributed by atoms with Gasteiger partial charge in [0.15, 0.2) is 0 Å². The summed E-state index contributed by atoms with van der Waals surface area (Å²) in [5, 5.41) is 3.00. The molecule has 0 unspecified atom stereocenters. The van der Waals surface area contributed by atoms with Crippen LogP contribution in [-0.4, -0.2) is 55.4 Å². The monoisotopic (exact) mass is 321 g/mol. The van der Waals surface area contributed by atoms with Gasteiger partial charge < -0.3 is 19.7 Å². The number of pyridine rings is 1. The van der Waals surface area contributed by atoms with Crippen molar-refractivity contribution in [3.63, 3.8) is 0 Å². The lowest BCUT2D eigenvalue weighted by atomic mass is 10.0. The van der Waals surface area contributed by atoms with E-state index in [0.29, 0.717) is 44.5 Å². The van der Waals surface area contributed by atoms with E-state index in [2.05, 4.69) is 24.1 Å². The summed E-state index contributed by atoms with van der Waals surface area (Å²) < 4.78 is 10.8. The third-order valence-electron chi connectivity index (χ3n) is 3.95. The number of carbonyl (C=O) groups excluding carboxylic acids is 1. The first-order valence-corrected chi connectivity index (χ1v) is 8.22. The van der Waals surface area contributed by atoms with Crippen LogP contribution in [-0.2, 0) is 11.2 Å². The Kier molecular flexibility index (Phi) is 6.65. The lowest BCUT2D eigenvalue weighted by molar-refractivity contribution is 0.00564. The second-order valence-electron chi connectivity index (χ2n) is 6.21. The molecule has 6 nitrogen and oxygen atoms in total. The van der Waals surface area contributed by atoms with E-state index in [-0.39, 0.29) is 12.1 Å². The Balaban J connectivity index is 1.85. The molecule has 1 N–H and O–H groups in total. The van der Waals surface area contributed by atoms with Crippen LogP contribution in [0.1, 0.15) is 25.8 Å². The van der Waals surface area contributed by atoms with Crippen LogP contribution in [0.15, 0.2) is 18.3 Å². The lowest BCUT2D eigenvalue weighted by Crippen LogP contribution is -2.53. The van der Waals surface area contributed by atoms with E-state index in [4.69, 9.17) is 9.47 Å². The van der Waals surface area contributed by atoms with Gasteiger partial charge in [0.05, 0.1) is 26.4 Å². The molecule has 0 spiro atoms. The van der Waals surface area contributed by atoms with E-state index in [0.717, 1.165) is 12.0 Å². The van der Waals surface area contributed by atoms with Crippen molar-refractivity contribution in [1.29, 1.82) is 0 Å². The van der Waals surface area contributed by atoms with Crippen molar-refractivity contribution < 1.29 is 14.3 Å². The molecule has 0 bridgehead atoms. The molecular formula is C17H27N3O3. The summed E-state index contributed by atoms with van der Waals surface area (Å²) in [6.45, 7) is 6.78. The van der Waals surface area contributed by atoms with Gasteiger partial charge in [-0.2, -0.15) is 0 Å². The number of nitrogens with zero attached hydrogens (tertiary/aromatic N) is 2. The Morgan fingerprint density at radius 2 is 2.39 bits per heavy atom. The minimum atomic E-state index is -0.0122. The lowest BCUT2D eigenvalue weighted by Gasteiger charge is -2.36. The number of methoxy groups -OCH3 is 1. The van der Waals surface area contributed by atoms with Crippen LogP contribution in [0.4, 0.5) is 4.79 Å². The van der Waals surface area contributed by atoms with Gasteiger partial charge in [-0.1, -0.05) is 19.9 Å². The number of rotatable bonds is 6. The topological polar surface area (TPSA) is 63.7 Å². The maximum atomic E-state index is 12.4. The van der Waals surface area contributed by atoms with Crippen molar-refractivity contribution >= 4 is 6.03 Å². The fraction of sp³-hybridized carbons (Fsp3) is 0.647. The summed E-state index contributed by atoms with van der Waals surface area (Å²) in [5.74, 6) is 1.16. The number of nitrogens with one attached hydrogen (secondary N) is 1. The van der Waals surface area contributed by atoms with Gasteiger partial charge in [-0.15, -0.1) is 0 Å². The molecule has 0 aromatic carbocycles. The summed E-state index contributed by atoms with van der Waals surface area (Å²) in [7, 11) is 1.61. The number of hydrogen-bond acceptors (Lipinski definition) is 4. The van der Waals surface area contributed by atoms with Crippen LogP contribution in [0, 0.1) is 5.92 Å². The van der Waals surface area contributed by atoms with Gasteiger partial charge in [0, 0.05) is 24.8 Å². The molecule has 1 aliphatic heterocycles. The normalized spacial score (nSPS) is 18.1. The van der Waals surface area contributed by atoms with Gasteiger partial charge in [-0.05, 0) is 24.8 Å². The zero-order valence-corrected chi connectivity index (χ0v) is 14.2. The van der Waals surface area contributed by atoms with Gasteiger partial charge in [-0.3, -0.25) is 0 Å². The van der Waals surface area contributed by atoms with Gasteiger partial charge in [0.1, 0.15) is 0 Å². The fourth-order valence-corrected chi connectivity index (χ4v) is 2.87. The molecule has 0 radical (unpaired) electrons. The van der Waals surface area contributed by atoms with Crippen molar-refractivity contribution in [2.45, 2.75) is 32.7 Å². The van der Waals surface area contributed by atoms with Crippen molar-refractivity contribution in [3.05, 3.63) is 23.9 Å². The van der Waals surface area contributed by atoms with Crippen molar-refractivity contribution in [3.8, 4) is 5.88 Å². The van der Waals surface area contributed by atoms with Crippen molar-refractivity contribution in [2.75, 3.05) is 33.4 Å². The second kappa shape index (κ2) is 8.72. The Hall–Kier alpha value is -1.82. The number of urea groups is 1. The SMILES string of the molecule is COc1ncccc1CCNC(=O)N1CCOC[C@@H]1CC(C)C. The van der Waals surface area contributed by atoms with E-state index in [9.17, 15) is 4.79 Å². The van der Waals surface area contributed by atoms with Gasteiger partial charge >= 0.3 is 6.03 Å². The Bertz CT molecular complexity index is 508. The summed E-state index contributed by atoms with van der Waals surface area (Å²) in [4.78, 5) is 18.5. The molecular weight excluding hydrogens is 294 g/mol. The molecule has 1 atom stereocenters. The van der Waals surface area contributed by atoms with Crippen LogP contribution in [0.3, 0.4) is 0 Å². The molecule has 2 amide bonds. The van der Waals surface area contributed by atoms with Gasteiger partial charge in [0.25, 0.3) is 0 Å². The highest BCUT2D eigenvalue weighted by Gasteiger charge is 2.27. The number of morpholine rings is 1. The minimum absolute atomic E-state index is 0.0122. The average Bonchev–Trinajstić information content (AvgIpc) is 2.55. The first-order chi connectivity index (χ1) is 11.1. The average molecular weight is 321 g/mol. The molecule has 1 saturated heterocycles. The third kappa shape index (κ3) is 5.10. The van der Waals surface area contributed by atoms with Crippen LogP contribution in [0.5, 0.6) is 5.88 Å². The zero-order valence-electron chi connectivity index (χ0n) is 14.2. The summed E-state index contributed by atoms with van der Waals surface area (Å²) >= 11 is 0. The predicted molar refractivity (Wildman–Crippen MR) is 88.7 cm³/mol. The Morgan fingerprint density at radius 1 is 1.57 bits per heavy atom. The molecule has 23 heavy (non-hydrogen) atoms. The van der Waals surface area contributed by atoms with Crippen LogP contribution >= 0.6 is 0 Å². The molecule has 1 aromatic rings. The standard InChI is InChI=1S/C17H27N3O3/c1-13(2)11-15-12-23-10-9-20(15)17(21)19-8-6-14-5-4-7-18-16(14)22-3/h4-5,7,13,15H,6,8-12H2,1-3H3,(H,19,21)/t15-/m0/s1. The molecule has 0 aliphatic carbocycles. The first kappa shape index (κ1) is 17.5. The highest BCUT2D eigenvalue weighted by Crippen LogP contribution is 2.16. The third-order valence-corrected chi connectivity index (χ3v) is 3.95. The number of ether oxygens (including phenoxy) is 2. The highest BCUT2D eigenvalue weighted by molar-refractivity contribution is 5.74. The summed E-state index contributed by atoms with van der Waals surface area (Å²) in [6.07, 6.45) is 3.36. The van der Waals surface area contributed by atoms with Crippen LogP contribution in [0.2, 0.25) is 0 Å². The smallest absolute Gasteiger partial charge is 0.317 e. The highest BCUT2D eigenvalue weighted by atomic mass is 16.5. The van der Waals surface area contributed by atoms with E-state index < -0.39 is 0 Å². The predicted octanol–water partition coefficient (Wildman–Crippen LogP) is 2.09. The van der Waals surface area contributed by atoms with Crippen molar-refractivity contribution in [1.82, 2.24) is 15.2 Å². The van der Waals surface area contributed by atoms with Gasteiger partial charge in [0.2, 0.25) is 5.88 Å². The van der Waals surface area contributed by atoms with Crippen LogP contribution in [0.25, 0.3) is 0 Å². The van der Waals surface area contributed by atoms with Crippen LogP contribution < -0.4 is 10.1 Å². The molecule has 128 valence electrons. The van der Waals surface area contributed by atoms with E-state index in [1.807, 2.05) is 17.0 Å². The molecule has 0 saturated carbocycles. The Labute approximate surface area is 138 Å².